The van der Waals surface area contributed by atoms with Crippen molar-refractivity contribution in [3.05, 3.63) is 47.0 Å². The Bertz CT molecular complexity index is 742. The minimum absolute atomic E-state index is 0.0439. The Morgan fingerprint density at radius 3 is 2.88 bits per heavy atom. The maximum atomic E-state index is 10.5. The molecule has 26 heavy (non-hydrogen) atoms. The van der Waals surface area contributed by atoms with E-state index in [9.17, 15) is 15.0 Å². The molecule has 0 saturated heterocycles. The smallest absolute Gasteiger partial charge is 0.344 e. The number of hydrogen-bond acceptors (Lipinski definition) is 5. The first-order valence-electron chi connectivity index (χ1n) is 8.89. The number of aryl methyl sites for hydroxylation is 2. The van der Waals surface area contributed by atoms with Crippen LogP contribution in [0.3, 0.4) is 0 Å². The summed E-state index contributed by atoms with van der Waals surface area (Å²) in [4.78, 5) is 15.3. The van der Waals surface area contributed by atoms with Crippen LogP contribution in [0.25, 0.3) is 0 Å². The molecule has 5 atom stereocenters. The molecule has 0 aromatic heterocycles. The quantitative estimate of drug-likeness (QED) is 0.535. The molecule has 3 rings (SSSR count). The lowest BCUT2D eigenvalue weighted by atomic mass is 9.73. The fourth-order valence-electron chi connectivity index (χ4n) is 4.02. The number of aliphatic hydroxyl groups excluding tert-OH is 2. The normalized spacial score (nSPS) is 30.2. The number of hydrogen-bond donors (Lipinski definition) is 3. The number of aliphatic hydroxyl groups is 2. The van der Waals surface area contributed by atoms with E-state index in [0.717, 1.165) is 28.8 Å². The Hall–Kier alpha value is -2.18. The maximum absolute atomic E-state index is 10.5. The van der Waals surface area contributed by atoms with Crippen LogP contribution in [0.4, 0.5) is 0 Å². The Labute approximate surface area is 152 Å². The number of carboxylic acid groups (broad SMARTS) is 1. The second kappa shape index (κ2) is 7.60. The average Bonchev–Trinajstić information content (AvgIpc) is 2.80. The molecule has 6 heteroatoms. The van der Waals surface area contributed by atoms with Crippen molar-refractivity contribution in [2.24, 2.45) is 22.9 Å². The summed E-state index contributed by atoms with van der Waals surface area (Å²) in [6, 6.07) is 5.94. The van der Waals surface area contributed by atoms with Crippen LogP contribution in [0.15, 0.2) is 35.5 Å². The molecule has 0 aliphatic heterocycles. The van der Waals surface area contributed by atoms with Crippen molar-refractivity contribution in [2.45, 2.75) is 38.9 Å². The van der Waals surface area contributed by atoms with Crippen LogP contribution in [0, 0.1) is 31.6 Å². The van der Waals surface area contributed by atoms with Crippen LogP contribution in [0.2, 0.25) is 0 Å². The van der Waals surface area contributed by atoms with E-state index >= 15 is 0 Å². The minimum Gasteiger partial charge on any atom is -0.479 e. The van der Waals surface area contributed by atoms with E-state index < -0.39 is 24.8 Å². The summed E-state index contributed by atoms with van der Waals surface area (Å²) in [5, 5.41) is 33.4. The molecule has 140 valence electrons. The minimum atomic E-state index is -1.06. The summed E-state index contributed by atoms with van der Waals surface area (Å²) in [5.74, 6) is -0.836. The predicted molar refractivity (Wildman–Crippen MR) is 96.7 cm³/mol. The molecule has 6 nitrogen and oxygen atoms in total. The zero-order valence-corrected chi connectivity index (χ0v) is 15.0. The summed E-state index contributed by atoms with van der Waals surface area (Å²) < 4.78 is 0. The van der Waals surface area contributed by atoms with Gasteiger partial charge in [0.25, 0.3) is 0 Å². The number of nitrogens with zero attached hydrogens (tertiary/aromatic N) is 1. The highest BCUT2D eigenvalue weighted by Crippen LogP contribution is 2.48. The highest BCUT2D eigenvalue weighted by atomic mass is 16.6. The fraction of sp³-hybridized carbons (Fsp3) is 0.500. The highest BCUT2D eigenvalue weighted by Gasteiger charge is 2.51. The van der Waals surface area contributed by atoms with Crippen LogP contribution in [-0.4, -0.2) is 39.7 Å². The monoisotopic (exact) mass is 359 g/mol. The second-order valence-electron chi connectivity index (χ2n) is 7.30. The molecule has 0 spiro atoms. The zero-order valence-electron chi connectivity index (χ0n) is 15.0. The van der Waals surface area contributed by atoms with E-state index in [0.29, 0.717) is 6.42 Å². The highest BCUT2D eigenvalue weighted by molar-refractivity contribution is 5.93. The van der Waals surface area contributed by atoms with Crippen molar-refractivity contribution < 1.29 is 25.0 Å². The molecule has 2 fully saturated rings. The molecule has 2 aliphatic carbocycles. The third kappa shape index (κ3) is 3.81. The first-order valence-corrected chi connectivity index (χ1v) is 8.89. The summed E-state index contributed by atoms with van der Waals surface area (Å²) in [6.45, 7) is 3.54. The number of rotatable bonds is 6. The first-order chi connectivity index (χ1) is 12.4. The standard InChI is InChI=1S/C20H25NO5/c1-11-3-5-14(12(2)7-11)18(22)6-4-13-8-15-16(20(13)25)9-17(15)21-26-10-19(23)24/h3-7,13,15-16,18,20,22,25H,8-10H2,1-2H3,(H,23,24)/t13?,15-,16+,18?,20?/m0/s1. The number of carbonyl (C=O) groups is 1. The van der Waals surface area contributed by atoms with Crippen molar-refractivity contribution >= 4 is 11.7 Å². The van der Waals surface area contributed by atoms with Crippen LogP contribution in [-0.2, 0) is 9.63 Å². The van der Waals surface area contributed by atoms with Crippen molar-refractivity contribution in [3.8, 4) is 0 Å². The van der Waals surface area contributed by atoms with E-state index in [1.54, 1.807) is 6.08 Å². The molecule has 1 aromatic rings. The second-order valence-corrected chi connectivity index (χ2v) is 7.30. The van der Waals surface area contributed by atoms with Crippen LogP contribution in [0.5, 0.6) is 0 Å². The van der Waals surface area contributed by atoms with E-state index in [1.165, 1.54) is 0 Å². The van der Waals surface area contributed by atoms with Gasteiger partial charge in [-0.1, -0.05) is 41.1 Å². The molecular weight excluding hydrogens is 334 g/mol. The van der Waals surface area contributed by atoms with Gasteiger partial charge in [-0.3, -0.25) is 0 Å². The maximum Gasteiger partial charge on any atom is 0.344 e. The summed E-state index contributed by atoms with van der Waals surface area (Å²) in [5.41, 5.74) is 3.88. The topological polar surface area (TPSA) is 99.4 Å². The van der Waals surface area contributed by atoms with Gasteiger partial charge in [0.1, 0.15) is 0 Å². The van der Waals surface area contributed by atoms with E-state index in [2.05, 4.69) is 5.16 Å². The number of fused-ring (bicyclic) bond motifs is 1. The van der Waals surface area contributed by atoms with Crippen LogP contribution in [0.1, 0.15) is 35.6 Å². The summed E-state index contributed by atoms with van der Waals surface area (Å²) in [6.07, 6.45) is 3.83. The lowest BCUT2D eigenvalue weighted by Gasteiger charge is -2.33. The SMILES string of the molecule is Cc1ccc(C(O)C=CC2C[C@@H]3C(=NOCC(=O)O)C[C@H]3C2O)c(C)c1. The third-order valence-corrected chi connectivity index (χ3v) is 5.45. The molecule has 0 bridgehead atoms. The van der Waals surface area contributed by atoms with Gasteiger partial charge in [0, 0.05) is 11.8 Å². The Morgan fingerprint density at radius 2 is 2.19 bits per heavy atom. The fourth-order valence-corrected chi connectivity index (χ4v) is 4.02. The Balaban J connectivity index is 1.60. The van der Waals surface area contributed by atoms with Crippen molar-refractivity contribution in [2.75, 3.05) is 6.61 Å². The molecule has 0 heterocycles. The summed E-state index contributed by atoms with van der Waals surface area (Å²) >= 11 is 0. The molecule has 3 N–H and O–H groups in total. The van der Waals surface area contributed by atoms with Gasteiger partial charge < -0.3 is 20.2 Å². The molecule has 3 unspecified atom stereocenters. The molecule has 2 saturated carbocycles. The van der Waals surface area contributed by atoms with Gasteiger partial charge in [-0.05, 0) is 43.7 Å². The number of oxime groups is 1. The van der Waals surface area contributed by atoms with Gasteiger partial charge in [-0.2, -0.15) is 0 Å². The van der Waals surface area contributed by atoms with Crippen molar-refractivity contribution in [1.29, 1.82) is 0 Å². The third-order valence-electron chi connectivity index (χ3n) is 5.45. The predicted octanol–water partition coefficient (Wildman–Crippen LogP) is 2.37. The van der Waals surface area contributed by atoms with E-state index in [4.69, 9.17) is 9.94 Å². The molecule has 1 aromatic carbocycles. The van der Waals surface area contributed by atoms with Crippen molar-refractivity contribution in [3.63, 3.8) is 0 Å². The van der Waals surface area contributed by atoms with Crippen molar-refractivity contribution in [1.82, 2.24) is 0 Å². The molecule has 0 amide bonds. The number of carboxylic acids is 1. The van der Waals surface area contributed by atoms with Gasteiger partial charge in [-0.25, -0.2) is 4.79 Å². The van der Waals surface area contributed by atoms with Gasteiger partial charge in [0.05, 0.1) is 17.9 Å². The van der Waals surface area contributed by atoms with Gasteiger partial charge in [0.2, 0.25) is 6.61 Å². The lowest BCUT2D eigenvalue weighted by molar-refractivity contribution is -0.142. The largest absolute Gasteiger partial charge is 0.479 e. The number of benzene rings is 1. The van der Waals surface area contributed by atoms with Crippen LogP contribution >= 0.6 is 0 Å². The van der Waals surface area contributed by atoms with Gasteiger partial charge >= 0.3 is 5.97 Å². The molecular formula is C20H25NO5. The molecule has 2 aliphatic rings. The summed E-state index contributed by atoms with van der Waals surface area (Å²) in [7, 11) is 0. The van der Waals surface area contributed by atoms with E-state index in [-0.39, 0.29) is 17.8 Å². The number of aliphatic carboxylic acids is 1. The van der Waals surface area contributed by atoms with Gasteiger partial charge in [0.15, 0.2) is 0 Å². The Kier molecular flexibility index (Phi) is 5.44. The van der Waals surface area contributed by atoms with Gasteiger partial charge in [-0.15, -0.1) is 0 Å². The Morgan fingerprint density at radius 1 is 1.42 bits per heavy atom. The van der Waals surface area contributed by atoms with Crippen LogP contribution < -0.4 is 0 Å². The lowest BCUT2D eigenvalue weighted by Crippen LogP contribution is -2.38. The van der Waals surface area contributed by atoms with E-state index in [1.807, 2.05) is 38.1 Å². The average molecular weight is 359 g/mol. The zero-order chi connectivity index (χ0) is 18.8. The first kappa shape index (κ1) is 18.6. The molecule has 0 radical (unpaired) electrons.